The van der Waals surface area contributed by atoms with Crippen LogP contribution in [0.4, 0.5) is 5.69 Å². The number of halogens is 1. The minimum atomic E-state index is -0.143. The van der Waals surface area contributed by atoms with Crippen molar-refractivity contribution in [2.24, 2.45) is 5.41 Å². The van der Waals surface area contributed by atoms with Crippen molar-refractivity contribution in [3.05, 3.63) is 36.5 Å². The van der Waals surface area contributed by atoms with Crippen LogP contribution in [0.25, 0.3) is 10.9 Å². The second kappa shape index (κ2) is 6.63. The first-order chi connectivity index (χ1) is 10.1. The summed E-state index contributed by atoms with van der Waals surface area (Å²) >= 11 is 0. The maximum atomic E-state index is 12.5. The van der Waals surface area contributed by atoms with E-state index in [9.17, 15) is 4.79 Å². The van der Waals surface area contributed by atoms with Gasteiger partial charge < -0.3 is 10.6 Å². The van der Waals surface area contributed by atoms with Crippen molar-refractivity contribution in [1.82, 2.24) is 10.3 Å². The van der Waals surface area contributed by atoms with Crippen LogP contribution in [0.3, 0.4) is 0 Å². The van der Waals surface area contributed by atoms with E-state index in [0.29, 0.717) is 0 Å². The molecule has 5 heteroatoms. The van der Waals surface area contributed by atoms with Gasteiger partial charge >= 0.3 is 0 Å². The molecular formula is C17H22ClN3O. The highest BCUT2D eigenvalue weighted by Crippen LogP contribution is 2.31. The van der Waals surface area contributed by atoms with E-state index in [0.717, 1.165) is 36.0 Å². The number of anilines is 1. The van der Waals surface area contributed by atoms with Crippen molar-refractivity contribution >= 4 is 34.9 Å². The molecule has 2 heterocycles. The number of carbonyl (C=O) groups excluding carboxylic acids is 1. The van der Waals surface area contributed by atoms with E-state index >= 15 is 0 Å². The summed E-state index contributed by atoms with van der Waals surface area (Å²) < 4.78 is 0. The van der Waals surface area contributed by atoms with Gasteiger partial charge in [-0.3, -0.25) is 9.78 Å². The Kier molecular flexibility index (Phi) is 5.04. The Morgan fingerprint density at radius 2 is 2.18 bits per heavy atom. The summed E-state index contributed by atoms with van der Waals surface area (Å²) in [7, 11) is 0. The summed E-state index contributed by atoms with van der Waals surface area (Å²) in [5.74, 6) is 0.0444. The molecule has 1 aliphatic rings. The van der Waals surface area contributed by atoms with E-state index in [1.54, 1.807) is 6.20 Å². The molecule has 2 aromatic rings. The Hall–Kier alpha value is -1.65. The van der Waals surface area contributed by atoms with Gasteiger partial charge in [0.2, 0.25) is 5.91 Å². The van der Waals surface area contributed by atoms with Crippen LogP contribution in [0.2, 0.25) is 0 Å². The molecule has 1 atom stereocenters. The average molecular weight is 320 g/mol. The molecule has 118 valence electrons. The maximum absolute atomic E-state index is 12.5. The predicted molar refractivity (Wildman–Crippen MR) is 92.4 cm³/mol. The lowest BCUT2D eigenvalue weighted by atomic mass is 9.77. The lowest BCUT2D eigenvalue weighted by Gasteiger charge is -2.38. The van der Waals surface area contributed by atoms with Crippen molar-refractivity contribution in [2.45, 2.75) is 32.7 Å². The van der Waals surface area contributed by atoms with Crippen molar-refractivity contribution in [3.63, 3.8) is 0 Å². The highest BCUT2D eigenvalue weighted by molar-refractivity contribution is 5.97. The number of amides is 1. The summed E-state index contributed by atoms with van der Waals surface area (Å²) in [5.41, 5.74) is 1.75. The third-order valence-corrected chi connectivity index (χ3v) is 4.26. The largest absolute Gasteiger partial charge is 0.325 e. The van der Waals surface area contributed by atoms with Crippen LogP contribution >= 0.6 is 12.4 Å². The molecule has 1 fully saturated rings. The topological polar surface area (TPSA) is 54.0 Å². The molecule has 1 unspecified atom stereocenters. The zero-order valence-corrected chi connectivity index (χ0v) is 13.7. The zero-order valence-electron chi connectivity index (χ0n) is 12.9. The fraction of sp³-hybridized carbons (Fsp3) is 0.412. The summed E-state index contributed by atoms with van der Waals surface area (Å²) in [6, 6.07) is 9.57. The fourth-order valence-electron chi connectivity index (χ4n) is 3.03. The molecule has 1 aliphatic heterocycles. The monoisotopic (exact) mass is 319 g/mol. The number of aromatic nitrogens is 1. The molecule has 1 aromatic heterocycles. The molecule has 0 saturated carbocycles. The fourth-order valence-corrected chi connectivity index (χ4v) is 3.03. The highest BCUT2D eigenvalue weighted by Gasteiger charge is 2.37. The molecule has 1 amide bonds. The number of nitrogens with one attached hydrogen (secondary N) is 2. The summed E-state index contributed by atoms with van der Waals surface area (Å²) in [6.07, 6.45) is 3.97. The van der Waals surface area contributed by atoms with E-state index in [4.69, 9.17) is 0 Å². The normalized spacial score (nSPS) is 20.2. The van der Waals surface area contributed by atoms with Gasteiger partial charge in [0.25, 0.3) is 0 Å². The van der Waals surface area contributed by atoms with E-state index in [2.05, 4.69) is 29.5 Å². The quantitative estimate of drug-likeness (QED) is 0.892. The summed E-state index contributed by atoms with van der Waals surface area (Å²) in [6.45, 7) is 5.20. The zero-order chi connectivity index (χ0) is 14.9. The lowest BCUT2D eigenvalue weighted by molar-refractivity contribution is -0.121. The number of carbonyl (C=O) groups is 1. The van der Waals surface area contributed by atoms with E-state index in [1.807, 2.05) is 30.3 Å². The molecule has 0 aliphatic carbocycles. The third-order valence-electron chi connectivity index (χ3n) is 4.26. The number of hydrogen-bond donors (Lipinski definition) is 2. The Morgan fingerprint density at radius 3 is 2.95 bits per heavy atom. The van der Waals surface area contributed by atoms with Gasteiger partial charge in [0.05, 0.1) is 11.6 Å². The summed E-state index contributed by atoms with van der Waals surface area (Å²) in [4.78, 5) is 16.8. The number of nitrogens with zero attached hydrogens (tertiary/aromatic N) is 1. The molecule has 4 nitrogen and oxygen atoms in total. The third kappa shape index (κ3) is 3.39. The number of benzene rings is 1. The molecule has 3 rings (SSSR count). The molecule has 2 N–H and O–H groups in total. The first-order valence-corrected chi connectivity index (χ1v) is 7.45. The van der Waals surface area contributed by atoms with Crippen molar-refractivity contribution in [1.29, 1.82) is 0 Å². The molecular weight excluding hydrogens is 298 g/mol. The van der Waals surface area contributed by atoms with Crippen molar-refractivity contribution < 1.29 is 4.79 Å². The SMILES string of the molecule is CC1(C)CCCNC1C(=O)Nc1ccc2ncccc2c1.Cl. The van der Waals surface area contributed by atoms with Crippen LogP contribution < -0.4 is 10.6 Å². The van der Waals surface area contributed by atoms with Crippen LogP contribution in [0.5, 0.6) is 0 Å². The molecule has 0 bridgehead atoms. The first-order valence-electron chi connectivity index (χ1n) is 7.45. The van der Waals surface area contributed by atoms with Crippen LogP contribution in [-0.4, -0.2) is 23.5 Å². The van der Waals surface area contributed by atoms with E-state index in [1.165, 1.54) is 0 Å². The average Bonchev–Trinajstić information content (AvgIpc) is 2.46. The molecule has 0 radical (unpaired) electrons. The van der Waals surface area contributed by atoms with Crippen molar-refractivity contribution in [3.8, 4) is 0 Å². The Balaban J connectivity index is 0.00000176. The second-order valence-corrected chi connectivity index (χ2v) is 6.38. The Bertz CT molecular complexity index is 672. The number of hydrogen-bond acceptors (Lipinski definition) is 3. The van der Waals surface area contributed by atoms with Gasteiger partial charge in [0.1, 0.15) is 0 Å². The van der Waals surface area contributed by atoms with Gasteiger partial charge in [0, 0.05) is 17.3 Å². The van der Waals surface area contributed by atoms with Crippen LogP contribution in [0.1, 0.15) is 26.7 Å². The first kappa shape index (κ1) is 16.7. The van der Waals surface area contributed by atoms with Gasteiger partial charge in [-0.15, -0.1) is 12.4 Å². The molecule has 22 heavy (non-hydrogen) atoms. The van der Waals surface area contributed by atoms with E-state index in [-0.39, 0.29) is 29.8 Å². The van der Waals surface area contributed by atoms with Gasteiger partial charge in [-0.2, -0.15) is 0 Å². The number of fused-ring (bicyclic) bond motifs is 1. The lowest BCUT2D eigenvalue weighted by Crippen LogP contribution is -2.53. The second-order valence-electron chi connectivity index (χ2n) is 6.38. The van der Waals surface area contributed by atoms with Crippen LogP contribution in [0.15, 0.2) is 36.5 Å². The maximum Gasteiger partial charge on any atom is 0.242 e. The minimum absolute atomic E-state index is 0. The van der Waals surface area contributed by atoms with Crippen molar-refractivity contribution in [2.75, 3.05) is 11.9 Å². The van der Waals surface area contributed by atoms with Gasteiger partial charge in [0.15, 0.2) is 0 Å². The number of pyridine rings is 1. The van der Waals surface area contributed by atoms with Crippen LogP contribution in [0, 0.1) is 5.41 Å². The molecule has 1 saturated heterocycles. The molecule has 1 aromatic carbocycles. The van der Waals surface area contributed by atoms with E-state index < -0.39 is 0 Å². The van der Waals surface area contributed by atoms with Gasteiger partial charge in [-0.25, -0.2) is 0 Å². The standard InChI is InChI=1S/C17H21N3O.ClH/c1-17(2)8-4-10-19-15(17)16(21)20-13-6-7-14-12(11-13)5-3-9-18-14;/h3,5-7,9,11,15,19H,4,8,10H2,1-2H3,(H,20,21);1H. The minimum Gasteiger partial charge on any atom is -0.325 e. The Labute approximate surface area is 137 Å². The van der Waals surface area contributed by atoms with Crippen LogP contribution in [-0.2, 0) is 4.79 Å². The summed E-state index contributed by atoms with van der Waals surface area (Å²) in [5, 5.41) is 7.41. The smallest absolute Gasteiger partial charge is 0.242 e. The number of piperidine rings is 1. The number of rotatable bonds is 2. The highest BCUT2D eigenvalue weighted by atomic mass is 35.5. The molecule has 0 spiro atoms. The van der Waals surface area contributed by atoms with Gasteiger partial charge in [-0.05, 0) is 49.1 Å². The van der Waals surface area contributed by atoms with Gasteiger partial charge in [-0.1, -0.05) is 19.9 Å². The Morgan fingerprint density at radius 1 is 1.36 bits per heavy atom. The predicted octanol–water partition coefficient (Wildman–Crippen LogP) is 3.37.